The van der Waals surface area contributed by atoms with E-state index in [1.54, 1.807) is 12.1 Å². The molecule has 0 saturated carbocycles. The van der Waals surface area contributed by atoms with E-state index in [2.05, 4.69) is 24.1 Å². The fraction of sp³-hybridized carbons (Fsp3) is 0.600. The zero-order valence-corrected chi connectivity index (χ0v) is 11.7. The van der Waals surface area contributed by atoms with Gasteiger partial charge in [-0.15, -0.1) is 0 Å². The number of aliphatic hydroxyl groups excluding tert-OH is 1. The number of aliphatic hydroxyl groups is 1. The van der Waals surface area contributed by atoms with Gasteiger partial charge in [0.1, 0.15) is 5.82 Å². The molecule has 1 aromatic rings. The van der Waals surface area contributed by atoms with Crippen molar-refractivity contribution < 1.29 is 9.50 Å². The molecule has 4 heteroatoms. The molecule has 106 valence electrons. The van der Waals surface area contributed by atoms with Crippen molar-refractivity contribution in [2.75, 3.05) is 31.1 Å². The lowest BCUT2D eigenvalue weighted by Crippen LogP contribution is -2.38. The Morgan fingerprint density at radius 1 is 1.47 bits per heavy atom. The van der Waals surface area contributed by atoms with Gasteiger partial charge < -0.3 is 15.3 Å². The third kappa shape index (κ3) is 3.91. The average Bonchev–Trinajstić information content (AvgIpc) is 2.49. The Morgan fingerprint density at radius 2 is 2.26 bits per heavy atom. The molecule has 1 heterocycles. The molecule has 3 nitrogen and oxygen atoms in total. The van der Waals surface area contributed by atoms with Crippen LogP contribution in [0.2, 0.25) is 0 Å². The van der Waals surface area contributed by atoms with Crippen LogP contribution in [0.4, 0.5) is 10.1 Å². The lowest BCUT2D eigenvalue weighted by Gasteiger charge is -2.31. The van der Waals surface area contributed by atoms with Gasteiger partial charge >= 0.3 is 0 Å². The van der Waals surface area contributed by atoms with Crippen LogP contribution < -0.4 is 10.2 Å². The van der Waals surface area contributed by atoms with Crippen LogP contribution in [-0.4, -0.2) is 37.4 Å². The molecule has 1 aliphatic rings. The van der Waals surface area contributed by atoms with Crippen molar-refractivity contribution >= 4 is 5.69 Å². The van der Waals surface area contributed by atoms with Gasteiger partial charge in [0.05, 0.1) is 0 Å². The number of halogens is 1. The number of hydrogen-bond acceptors (Lipinski definition) is 3. The summed E-state index contributed by atoms with van der Waals surface area (Å²) in [6.45, 7) is 7.17. The maximum Gasteiger partial charge on any atom is 0.125 e. The monoisotopic (exact) mass is 266 g/mol. The van der Waals surface area contributed by atoms with Gasteiger partial charge in [0.25, 0.3) is 0 Å². The van der Waals surface area contributed by atoms with Crippen molar-refractivity contribution in [3.05, 3.63) is 30.1 Å². The maximum absolute atomic E-state index is 13.4. The molecular formula is C15H23FN2O. The van der Waals surface area contributed by atoms with E-state index in [4.69, 9.17) is 5.11 Å². The van der Waals surface area contributed by atoms with Crippen molar-refractivity contribution in [1.29, 1.82) is 0 Å². The second-order valence-electron chi connectivity index (χ2n) is 6.11. The number of benzene rings is 1. The summed E-state index contributed by atoms with van der Waals surface area (Å²) in [6, 6.07) is 6.99. The zero-order valence-electron chi connectivity index (χ0n) is 11.7. The summed E-state index contributed by atoms with van der Waals surface area (Å²) in [7, 11) is 0. The van der Waals surface area contributed by atoms with E-state index < -0.39 is 0 Å². The summed E-state index contributed by atoms with van der Waals surface area (Å²) in [5.74, 6) is -0.203. The molecule has 1 atom stereocenters. The summed E-state index contributed by atoms with van der Waals surface area (Å²) in [5.41, 5.74) is 1.04. The molecule has 2 N–H and O–H groups in total. The Hall–Kier alpha value is -1.13. The van der Waals surface area contributed by atoms with Gasteiger partial charge in [0.15, 0.2) is 0 Å². The number of nitrogens with zero attached hydrogens (tertiary/aromatic N) is 1. The first-order valence-corrected chi connectivity index (χ1v) is 6.85. The van der Waals surface area contributed by atoms with Crippen molar-refractivity contribution in [1.82, 2.24) is 5.32 Å². The molecule has 1 saturated heterocycles. The minimum atomic E-state index is -0.203. The Labute approximate surface area is 114 Å². The molecule has 1 unspecified atom stereocenters. The van der Waals surface area contributed by atoms with E-state index in [0.29, 0.717) is 0 Å². The SMILES string of the molecule is CC1(C)CNC(CCO)CN(c2cccc(F)c2)C1. The number of rotatable bonds is 3. The van der Waals surface area contributed by atoms with Crippen LogP contribution in [0.3, 0.4) is 0 Å². The Bertz CT molecular complexity index is 422. The fourth-order valence-corrected chi connectivity index (χ4v) is 2.61. The molecule has 1 aliphatic heterocycles. The highest BCUT2D eigenvalue weighted by molar-refractivity contribution is 5.47. The van der Waals surface area contributed by atoms with Crippen LogP contribution in [-0.2, 0) is 0 Å². The Balaban J connectivity index is 2.20. The van der Waals surface area contributed by atoms with E-state index in [9.17, 15) is 4.39 Å². The quantitative estimate of drug-likeness (QED) is 0.878. The largest absolute Gasteiger partial charge is 0.396 e. The third-order valence-electron chi connectivity index (χ3n) is 3.58. The first-order valence-electron chi connectivity index (χ1n) is 6.85. The highest BCUT2D eigenvalue weighted by Gasteiger charge is 2.28. The lowest BCUT2D eigenvalue weighted by molar-refractivity contribution is 0.263. The van der Waals surface area contributed by atoms with Gasteiger partial charge in [0, 0.05) is 38.0 Å². The smallest absolute Gasteiger partial charge is 0.125 e. The van der Waals surface area contributed by atoms with Crippen LogP contribution in [0.1, 0.15) is 20.3 Å². The van der Waals surface area contributed by atoms with E-state index in [-0.39, 0.29) is 23.9 Å². The van der Waals surface area contributed by atoms with E-state index in [1.165, 1.54) is 6.07 Å². The molecule has 1 aromatic carbocycles. The third-order valence-corrected chi connectivity index (χ3v) is 3.58. The van der Waals surface area contributed by atoms with Crippen LogP contribution in [0.15, 0.2) is 24.3 Å². The van der Waals surface area contributed by atoms with Gasteiger partial charge in [-0.05, 0) is 30.0 Å². The van der Waals surface area contributed by atoms with Crippen LogP contribution in [0.5, 0.6) is 0 Å². The molecule has 0 bridgehead atoms. The minimum Gasteiger partial charge on any atom is -0.396 e. The fourth-order valence-electron chi connectivity index (χ4n) is 2.61. The highest BCUT2D eigenvalue weighted by Crippen LogP contribution is 2.25. The van der Waals surface area contributed by atoms with Crippen molar-refractivity contribution in [3.63, 3.8) is 0 Å². The molecule has 0 radical (unpaired) electrons. The topological polar surface area (TPSA) is 35.5 Å². The minimum absolute atomic E-state index is 0.122. The van der Waals surface area contributed by atoms with Gasteiger partial charge in [-0.25, -0.2) is 4.39 Å². The number of hydrogen-bond donors (Lipinski definition) is 2. The average molecular weight is 266 g/mol. The van der Waals surface area contributed by atoms with Crippen LogP contribution in [0, 0.1) is 11.2 Å². The maximum atomic E-state index is 13.4. The standard InChI is InChI=1S/C15H23FN2O/c1-15(2)10-17-13(6-7-19)9-18(11-15)14-5-3-4-12(16)8-14/h3-5,8,13,17,19H,6-7,9-11H2,1-2H3. The van der Waals surface area contributed by atoms with Crippen LogP contribution in [0.25, 0.3) is 0 Å². The van der Waals surface area contributed by atoms with E-state index in [0.717, 1.165) is 31.7 Å². The molecule has 0 aromatic heterocycles. The van der Waals surface area contributed by atoms with Crippen LogP contribution >= 0.6 is 0 Å². The summed E-state index contributed by atoms with van der Waals surface area (Å²) in [5, 5.41) is 12.6. The first-order chi connectivity index (χ1) is 9.00. The van der Waals surface area contributed by atoms with Crippen molar-refractivity contribution in [2.24, 2.45) is 5.41 Å². The van der Waals surface area contributed by atoms with Crippen molar-refractivity contribution in [2.45, 2.75) is 26.3 Å². The van der Waals surface area contributed by atoms with Gasteiger partial charge in [0.2, 0.25) is 0 Å². The first kappa shape index (κ1) is 14.3. The normalized spacial score (nSPS) is 23.2. The highest BCUT2D eigenvalue weighted by atomic mass is 19.1. The van der Waals surface area contributed by atoms with E-state index in [1.807, 2.05) is 6.07 Å². The number of nitrogens with one attached hydrogen (secondary N) is 1. The number of anilines is 1. The van der Waals surface area contributed by atoms with Gasteiger partial charge in [-0.1, -0.05) is 19.9 Å². The molecular weight excluding hydrogens is 243 g/mol. The molecule has 0 aliphatic carbocycles. The molecule has 2 rings (SSSR count). The second kappa shape index (κ2) is 5.88. The summed E-state index contributed by atoms with van der Waals surface area (Å²) < 4.78 is 13.4. The lowest BCUT2D eigenvalue weighted by atomic mass is 9.93. The van der Waals surface area contributed by atoms with Crippen molar-refractivity contribution in [3.8, 4) is 0 Å². The Kier molecular flexibility index (Phi) is 4.42. The molecule has 0 spiro atoms. The second-order valence-corrected chi connectivity index (χ2v) is 6.11. The summed E-state index contributed by atoms with van der Waals surface area (Å²) in [6.07, 6.45) is 0.724. The predicted molar refractivity (Wildman–Crippen MR) is 75.9 cm³/mol. The molecule has 19 heavy (non-hydrogen) atoms. The molecule has 0 amide bonds. The van der Waals surface area contributed by atoms with E-state index >= 15 is 0 Å². The van der Waals surface area contributed by atoms with Gasteiger partial charge in [-0.2, -0.15) is 0 Å². The molecule has 1 fully saturated rings. The summed E-state index contributed by atoms with van der Waals surface area (Å²) >= 11 is 0. The summed E-state index contributed by atoms with van der Waals surface area (Å²) in [4.78, 5) is 2.21. The zero-order chi connectivity index (χ0) is 13.9. The predicted octanol–water partition coefficient (Wildman–Crippen LogP) is 2.01. The van der Waals surface area contributed by atoms with Gasteiger partial charge in [-0.3, -0.25) is 0 Å². The Morgan fingerprint density at radius 3 is 2.95 bits per heavy atom.